The van der Waals surface area contributed by atoms with Crippen molar-refractivity contribution in [3.8, 4) is 0 Å². The summed E-state index contributed by atoms with van der Waals surface area (Å²) in [5.74, 6) is 0.325. The summed E-state index contributed by atoms with van der Waals surface area (Å²) in [6.45, 7) is 1.74. The molecule has 2 N–H and O–H groups in total. The highest BCUT2D eigenvalue weighted by atomic mass is 35.5. The molecule has 1 heterocycles. The van der Waals surface area contributed by atoms with Gasteiger partial charge in [-0.05, 0) is 43.3 Å². The van der Waals surface area contributed by atoms with E-state index in [0.717, 1.165) is 5.69 Å². The molecule has 1 atom stereocenters. The van der Waals surface area contributed by atoms with E-state index >= 15 is 0 Å². The van der Waals surface area contributed by atoms with Gasteiger partial charge in [-0.25, -0.2) is 5.43 Å². The molecule has 6 heteroatoms. The van der Waals surface area contributed by atoms with E-state index in [1.165, 1.54) is 12.5 Å². The second kappa shape index (κ2) is 6.77. The fraction of sp³-hybridized carbons (Fsp3) is 0.143. The van der Waals surface area contributed by atoms with Crippen molar-refractivity contribution in [1.82, 2.24) is 5.43 Å². The first-order chi connectivity index (χ1) is 9.65. The number of rotatable bonds is 5. The summed E-state index contributed by atoms with van der Waals surface area (Å²) in [7, 11) is 0. The highest BCUT2D eigenvalue weighted by Crippen LogP contribution is 2.14. The number of hydrogen-bond donors (Lipinski definition) is 2. The molecule has 0 saturated carbocycles. The third kappa shape index (κ3) is 4.13. The van der Waals surface area contributed by atoms with Gasteiger partial charge in [-0.1, -0.05) is 11.6 Å². The van der Waals surface area contributed by atoms with Crippen LogP contribution in [0.3, 0.4) is 0 Å². The molecule has 0 fully saturated rings. The molecule has 104 valence electrons. The number of nitrogens with zero attached hydrogens (tertiary/aromatic N) is 1. The van der Waals surface area contributed by atoms with E-state index < -0.39 is 6.04 Å². The second-order valence-electron chi connectivity index (χ2n) is 4.12. The van der Waals surface area contributed by atoms with Crippen molar-refractivity contribution < 1.29 is 9.21 Å². The predicted octanol–water partition coefficient (Wildman–Crippen LogP) is 2.88. The number of carbonyl (C=O) groups excluding carboxylic acids is 1. The lowest BCUT2D eigenvalue weighted by atomic mass is 10.2. The minimum atomic E-state index is -0.426. The van der Waals surface area contributed by atoms with Crippen molar-refractivity contribution in [3.63, 3.8) is 0 Å². The molecule has 0 radical (unpaired) electrons. The summed E-state index contributed by atoms with van der Waals surface area (Å²) >= 11 is 5.79. The van der Waals surface area contributed by atoms with Crippen LogP contribution in [0.1, 0.15) is 12.7 Å². The van der Waals surface area contributed by atoms with Crippen molar-refractivity contribution in [2.75, 3.05) is 5.32 Å². The topological polar surface area (TPSA) is 66.6 Å². The summed E-state index contributed by atoms with van der Waals surface area (Å²) < 4.78 is 5.05. The van der Waals surface area contributed by atoms with Crippen LogP contribution in [0.5, 0.6) is 0 Å². The summed E-state index contributed by atoms with van der Waals surface area (Å²) in [5.41, 5.74) is 3.25. The molecule has 0 bridgehead atoms. The zero-order chi connectivity index (χ0) is 14.4. The summed E-state index contributed by atoms with van der Waals surface area (Å²) in [5, 5.41) is 7.50. The maximum Gasteiger partial charge on any atom is 0.262 e. The number of nitrogens with one attached hydrogen (secondary N) is 2. The maximum absolute atomic E-state index is 11.8. The van der Waals surface area contributed by atoms with Crippen LogP contribution in [0.4, 0.5) is 5.69 Å². The minimum absolute atomic E-state index is 0.247. The number of benzene rings is 1. The lowest BCUT2D eigenvalue weighted by molar-refractivity contribution is -0.121. The van der Waals surface area contributed by atoms with Crippen LogP contribution in [-0.2, 0) is 4.79 Å². The van der Waals surface area contributed by atoms with Crippen LogP contribution in [0.2, 0.25) is 5.02 Å². The van der Waals surface area contributed by atoms with Crippen LogP contribution in [0.25, 0.3) is 0 Å². The van der Waals surface area contributed by atoms with E-state index in [1.54, 1.807) is 43.3 Å². The Bertz CT molecular complexity index is 579. The molecule has 0 aliphatic carbocycles. The Labute approximate surface area is 121 Å². The number of anilines is 1. The van der Waals surface area contributed by atoms with Crippen molar-refractivity contribution in [2.24, 2.45) is 5.10 Å². The summed E-state index contributed by atoms with van der Waals surface area (Å²) in [6.07, 6.45) is 2.97. The average molecular weight is 292 g/mol. The van der Waals surface area contributed by atoms with Crippen LogP contribution in [0, 0.1) is 0 Å². The first-order valence-corrected chi connectivity index (χ1v) is 6.41. The third-order valence-electron chi connectivity index (χ3n) is 2.53. The standard InChI is InChI=1S/C14H14ClN3O2/c1-10(17-12-6-4-11(15)5-7-12)14(19)18-16-9-13-3-2-8-20-13/h2-10,17H,1H3,(H,18,19). The smallest absolute Gasteiger partial charge is 0.262 e. The lowest BCUT2D eigenvalue weighted by Crippen LogP contribution is -2.34. The van der Waals surface area contributed by atoms with Crippen LogP contribution < -0.4 is 10.7 Å². The first kappa shape index (κ1) is 14.1. The number of furan rings is 1. The van der Waals surface area contributed by atoms with Crippen molar-refractivity contribution in [1.29, 1.82) is 0 Å². The molecule has 0 spiro atoms. The van der Waals surface area contributed by atoms with Gasteiger partial charge in [0.2, 0.25) is 0 Å². The molecule has 0 aliphatic heterocycles. The fourth-order valence-corrected chi connectivity index (χ4v) is 1.61. The number of carbonyl (C=O) groups is 1. The zero-order valence-corrected chi connectivity index (χ0v) is 11.6. The molecule has 1 amide bonds. The van der Waals surface area contributed by atoms with Gasteiger partial charge in [0.05, 0.1) is 12.5 Å². The predicted molar refractivity (Wildman–Crippen MR) is 79.0 cm³/mol. The van der Waals surface area contributed by atoms with Crippen LogP contribution >= 0.6 is 11.6 Å². The van der Waals surface area contributed by atoms with Gasteiger partial charge in [0, 0.05) is 10.7 Å². The molecule has 2 aromatic rings. The minimum Gasteiger partial charge on any atom is -0.463 e. The van der Waals surface area contributed by atoms with Gasteiger partial charge >= 0.3 is 0 Å². The zero-order valence-electron chi connectivity index (χ0n) is 10.8. The van der Waals surface area contributed by atoms with Crippen molar-refractivity contribution in [2.45, 2.75) is 13.0 Å². The average Bonchev–Trinajstić information content (AvgIpc) is 2.94. The highest BCUT2D eigenvalue weighted by molar-refractivity contribution is 6.30. The normalized spacial score (nSPS) is 12.3. The van der Waals surface area contributed by atoms with Gasteiger partial charge in [-0.15, -0.1) is 0 Å². The Morgan fingerprint density at radius 2 is 2.10 bits per heavy atom. The van der Waals surface area contributed by atoms with E-state index in [9.17, 15) is 4.79 Å². The van der Waals surface area contributed by atoms with Gasteiger partial charge in [0.25, 0.3) is 5.91 Å². The van der Waals surface area contributed by atoms with Gasteiger partial charge in [0.1, 0.15) is 11.8 Å². The second-order valence-corrected chi connectivity index (χ2v) is 4.56. The number of hydrazone groups is 1. The molecule has 0 saturated heterocycles. The highest BCUT2D eigenvalue weighted by Gasteiger charge is 2.11. The number of amides is 1. The third-order valence-corrected chi connectivity index (χ3v) is 2.78. The van der Waals surface area contributed by atoms with Crippen molar-refractivity contribution >= 4 is 29.4 Å². The summed E-state index contributed by atoms with van der Waals surface area (Å²) in [6, 6.07) is 10.2. The molecule has 1 aromatic heterocycles. The lowest BCUT2D eigenvalue weighted by Gasteiger charge is -2.13. The maximum atomic E-state index is 11.8. The Hall–Kier alpha value is -2.27. The van der Waals surface area contributed by atoms with Gasteiger partial charge < -0.3 is 9.73 Å². The van der Waals surface area contributed by atoms with Crippen LogP contribution in [0.15, 0.2) is 52.2 Å². The number of halogens is 1. The number of hydrogen-bond acceptors (Lipinski definition) is 4. The molecular formula is C14H14ClN3O2. The largest absolute Gasteiger partial charge is 0.463 e. The van der Waals surface area contributed by atoms with E-state index in [0.29, 0.717) is 10.8 Å². The molecule has 1 unspecified atom stereocenters. The molecule has 2 rings (SSSR count). The Morgan fingerprint density at radius 1 is 1.35 bits per heavy atom. The SMILES string of the molecule is CC(Nc1ccc(Cl)cc1)C(=O)NN=Cc1ccco1. The van der Waals surface area contributed by atoms with E-state index in [-0.39, 0.29) is 5.91 Å². The monoisotopic (exact) mass is 291 g/mol. The quantitative estimate of drug-likeness (QED) is 0.657. The Balaban J connectivity index is 1.84. The van der Waals surface area contributed by atoms with Gasteiger partial charge in [-0.3, -0.25) is 4.79 Å². The van der Waals surface area contributed by atoms with E-state index in [1.807, 2.05) is 0 Å². The molecule has 20 heavy (non-hydrogen) atoms. The molecular weight excluding hydrogens is 278 g/mol. The Kier molecular flexibility index (Phi) is 4.79. The van der Waals surface area contributed by atoms with Gasteiger partial charge in [-0.2, -0.15) is 5.10 Å². The summed E-state index contributed by atoms with van der Waals surface area (Å²) in [4.78, 5) is 11.8. The molecule has 0 aliphatic rings. The van der Waals surface area contributed by atoms with E-state index in [2.05, 4.69) is 15.8 Å². The van der Waals surface area contributed by atoms with Crippen LogP contribution in [-0.4, -0.2) is 18.2 Å². The fourth-order valence-electron chi connectivity index (χ4n) is 1.48. The first-order valence-electron chi connectivity index (χ1n) is 6.03. The van der Waals surface area contributed by atoms with E-state index in [4.69, 9.17) is 16.0 Å². The molecule has 1 aromatic carbocycles. The Morgan fingerprint density at radius 3 is 2.75 bits per heavy atom. The molecule has 5 nitrogen and oxygen atoms in total. The van der Waals surface area contributed by atoms with Crippen molar-refractivity contribution in [3.05, 3.63) is 53.4 Å². The van der Waals surface area contributed by atoms with Gasteiger partial charge in [0.15, 0.2) is 0 Å².